The lowest BCUT2D eigenvalue weighted by Crippen LogP contribution is -2.26. The Morgan fingerprint density at radius 3 is 2.76 bits per heavy atom. The number of hydrogen-bond donors (Lipinski definition) is 0. The molecular weight excluding hydrogens is 248 g/mol. The van der Waals surface area contributed by atoms with Crippen LogP contribution in [0.25, 0.3) is 0 Å². The van der Waals surface area contributed by atoms with Crippen LogP contribution in [0.1, 0.15) is 0 Å². The summed E-state index contributed by atoms with van der Waals surface area (Å²) < 4.78 is 34.4. The Hall–Kier alpha value is -1.43. The fourth-order valence-electron chi connectivity index (χ4n) is 1.77. The Balaban J connectivity index is 1.88. The van der Waals surface area contributed by atoms with Gasteiger partial charge in [0.15, 0.2) is 11.5 Å². The van der Waals surface area contributed by atoms with Gasteiger partial charge in [0.05, 0.1) is 5.88 Å². The molecule has 0 aliphatic carbocycles. The lowest BCUT2D eigenvalue weighted by atomic mass is 10.2. The number of alkyl halides is 2. The van der Waals surface area contributed by atoms with Gasteiger partial charge in [0, 0.05) is 18.3 Å². The molecule has 17 heavy (non-hydrogen) atoms. The Labute approximate surface area is 101 Å². The monoisotopic (exact) mass is 257 g/mol. The zero-order valence-electron chi connectivity index (χ0n) is 8.78. The zero-order valence-corrected chi connectivity index (χ0v) is 9.60. The van der Waals surface area contributed by atoms with Crippen LogP contribution in [0.5, 0.6) is 11.5 Å². The molecule has 0 radical (unpaired) electrons. The highest BCUT2D eigenvalue weighted by molar-refractivity contribution is 8.03. The first kappa shape index (κ1) is 10.7. The van der Waals surface area contributed by atoms with Crippen LogP contribution in [0, 0.1) is 0 Å². The highest BCUT2D eigenvalue weighted by Crippen LogP contribution is 2.43. The minimum Gasteiger partial charge on any atom is -0.395 e. The van der Waals surface area contributed by atoms with E-state index in [1.165, 1.54) is 6.07 Å². The Morgan fingerprint density at radius 2 is 2.06 bits per heavy atom. The molecule has 3 rings (SSSR count). The first-order valence-corrected chi connectivity index (χ1v) is 5.97. The molecule has 3 nitrogen and oxygen atoms in total. The highest BCUT2D eigenvalue weighted by atomic mass is 32.2. The Kier molecular flexibility index (Phi) is 2.22. The van der Waals surface area contributed by atoms with E-state index in [2.05, 4.69) is 16.1 Å². The number of rotatable bonds is 1. The molecule has 1 aromatic carbocycles. The van der Waals surface area contributed by atoms with E-state index in [-0.39, 0.29) is 11.5 Å². The van der Waals surface area contributed by atoms with Gasteiger partial charge in [-0.3, -0.25) is 0 Å². The second kappa shape index (κ2) is 3.53. The van der Waals surface area contributed by atoms with Crippen LogP contribution < -0.4 is 14.4 Å². The molecule has 90 valence electrons. The normalized spacial score (nSPS) is 21.1. The lowest BCUT2D eigenvalue weighted by molar-refractivity contribution is -0.286. The fourth-order valence-corrected chi connectivity index (χ4v) is 2.60. The van der Waals surface area contributed by atoms with Gasteiger partial charge in [-0.2, -0.15) is 0 Å². The van der Waals surface area contributed by atoms with Crippen molar-refractivity contribution in [2.75, 3.05) is 17.3 Å². The summed E-state index contributed by atoms with van der Waals surface area (Å²) in [5.74, 6) is 0.925. The summed E-state index contributed by atoms with van der Waals surface area (Å²) in [6, 6.07) is 4.80. The summed E-state index contributed by atoms with van der Waals surface area (Å²) in [5, 5.41) is 0. The van der Waals surface area contributed by atoms with Crippen LogP contribution in [0.3, 0.4) is 0 Å². The quantitative estimate of drug-likeness (QED) is 0.770. The van der Waals surface area contributed by atoms with E-state index in [1.54, 1.807) is 23.9 Å². The number of anilines is 1. The minimum absolute atomic E-state index is 0.0735. The van der Waals surface area contributed by atoms with Crippen molar-refractivity contribution in [1.82, 2.24) is 0 Å². The maximum absolute atomic E-state index is 12.8. The predicted octanol–water partition coefficient (Wildman–Crippen LogP) is 3.03. The molecule has 0 amide bonds. The number of halogens is 2. The van der Waals surface area contributed by atoms with Crippen LogP contribution in [-0.4, -0.2) is 18.7 Å². The van der Waals surface area contributed by atoms with E-state index in [4.69, 9.17) is 0 Å². The lowest BCUT2D eigenvalue weighted by Gasteiger charge is -2.16. The molecule has 2 aliphatic rings. The molecular formula is C11H9F2NO2S. The van der Waals surface area contributed by atoms with Gasteiger partial charge < -0.3 is 14.4 Å². The van der Waals surface area contributed by atoms with Crippen LogP contribution in [0.2, 0.25) is 0 Å². The average molecular weight is 257 g/mol. The summed E-state index contributed by atoms with van der Waals surface area (Å²) in [4.78, 5) is 3.10. The fraction of sp³-hybridized carbons (Fsp3) is 0.273. The minimum atomic E-state index is -3.55. The van der Waals surface area contributed by atoms with Gasteiger partial charge in [-0.05, 0) is 17.0 Å². The van der Waals surface area contributed by atoms with Crippen molar-refractivity contribution in [3.05, 3.63) is 29.7 Å². The molecule has 0 N–H and O–H groups in total. The standard InChI is InChI=1S/C11H9F2NO2S/c1-7-5-14(6-17-7)8-2-3-9-10(4-8)16-11(12,13)15-9/h2-4H,1,5-6H2. The van der Waals surface area contributed by atoms with Gasteiger partial charge in [-0.1, -0.05) is 6.58 Å². The first-order chi connectivity index (χ1) is 8.03. The van der Waals surface area contributed by atoms with Gasteiger partial charge in [-0.25, -0.2) is 0 Å². The van der Waals surface area contributed by atoms with Crippen molar-refractivity contribution in [3.63, 3.8) is 0 Å². The van der Waals surface area contributed by atoms with E-state index >= 15 is 0 Å². The number of ether oxygens (including phenoxy) is 2. The summed E-state index contributed by atoms with van der Waals surface area (Å²) >= 11 is 1.64. The van der Waals surface area contributed by atoms with E-state index in [0.717, 1.165) is 23.0 Å². The van der Waals surface area contributed by atoms with Gasteiger partial charge in [-0.15, -0.1) is 20.5 Å². The number of thioether (sulfide) groups is 1. The van der Waals surface area contributed by atoms with Crippen LogP contribution in [0.4, 0.5) is 14.5 Å². The second-order valence-electron chi connectivity index (χ2n) is 3.81. The van der Waals surface area contributed by atoms with Crippen molar-refractivity contribution in [1.29, 1.82) is 0 Å². The first-order valence-electron chi connectivity index (χ1n) is 4.99. The molecule has 0 spiro atoms. The van der Waals surface area contributed by atoms with Crippen LogP contribution in [0.15, 0.2) is 29.7 Å². The maximum atomic E-state index is 12.8. The zero-order chi connectivity index (χ0) is 12.0. The Morgan fingerprint density at radius 1 is 1.29 bits per heavy atom. The van der Waals surface area contributed by atoms with E-state index < -0.39 is 6.29 Å². The molecule has 1 saturated heterocycles. The summed E-state index contributed by atoms with van der Waals surface area (Å²) in [6.07, 6.45) is -3.55. The van der Waals surface area contributed by atoms with Crippen LogP contribution in [-0.2, 0) is 0 Å². The molecule has 0 aromatic heterocycles. The van der Waals surface area contributed by atoms with Crippen molar-refractivity contribution >= 4 is 17.4 Å². The molecule has 0 unspecified atom stereocenters. The van der Waals surface area contributed by atoms with Gasteiger partial charge in [0.2, 0.25) is 0 Å². The summed E-state index contributed by atoms with van der Waals surface area (Å²) in [5.41, 5.74) is 0.830. The van der Waals surface area contributed by atoms with Crippen molar-refractivity contribution < 1.29 is 18.3 Å². The predicted molar refractivity (Wildman–Crippen MR) is 61.6 cm³/mol. The number of benzene rings is 1. The van der Waals surface area contributed by atoms with Gasteiger partial charge in [0.25, 0.3) is 0 Å². The van der Waals surface area contributed by atoms with Crippen molar-refractivity contribution in [2.45, 2.75) is 6.29 Å². The SMILES string of the molecule is C=C1CN(c2ccc3c(c2)OC(F)(F)O3)CS1. The molecule has 0 atom stereocenters. The van der Waals surface area contributed by atoms with Crippen LogP contribution >= 0.6 is 11.8 Å². The smallest absolute Gasteiger partial charge is 0.395 e. The average Bonchev–Trinajstić information content (AvgIpc) is 2.78. The molecule has 0 bridgehead atoms. The van der Waals surface area contributed by atoms with E-state index in [0.29, 0.717) is 0 Å². The highest BCUT2D eigenvalue weighted by Gasteiger charge is 2.43. The number of hydrogen-bond acceptors (Lipinski definition) is 4. The number of nitrogens with zero attached hydrogens (tertiary/aromatic N) is 1. The summed E-state index contributed by atoms with van der Waals surface area (Å²) in [6.45, 7) is 4.59. The number of fused-ring (bicyclic) bond motifs is 1. The van der Waals surface area contributed by atoms with Crippen molar-refractivity contribution in [3.8, 4) is 11.5 Å². The molecule has 6 heteroatoms. The third-order valence-electron chi connectivity index (χ3n) is 2.54. The molecule has 1 fully saturated rings. The van der Waals surface area contributed by atoms with Crippen molar-refractivity contribution in [2.24, 2.45) is 0 Å². The second-order valence-corrected chi connectivity index (χ2v) is 4.93. The Bertz CT molecular complexity index is 492. The summed E-state index contributed by atoms with van der Waals surface area (Å²) in [7, 11) is 0. The van der Waals surface area contributed by atoms with E-state index in [9.17, 15) is 8.78 Å². The van der Waals surface area contributed by atoms with Gasteiger partial charge in [0.1, 0.15) is 0 Å². The molecule has 2 aliphatic heterocycles. The molecule has 1 aromatic rings. The van der Waals surface area contributed by atoms with Gasteiger partial charge >= 0.3 is 6.29 Å². The topological polar surface area (TPSA) is 21.7 Å². The molecule has 0 saturated carbocycles. The molecule has 2 heterocycles. The van der Waals surface area contributed by atoms with E-state index in [1.807, 2.05) is 4.90 Å². The maximum Gasteiger partial charge on any atom is 0.586 e. The largest absolute Gasteiger partial charge is 0.586 e. The third-order valence-corrected chi connectivity index (χ3v) is 3.52. The third kappa shape index (κ3) is 1.93.